The van der Waals surface area contributed by atoms with Gasteiger partial charge in [0, 0.05) is 38.0 Å². The zero-order chi connectivity index (χ0) is 36.6. The molecule has 0 spiro atoms. The summed E-state index contributed by atoms with van der Waals surface area (Å²) >= 11 is 0. The Morgan fingerprint density at radius 3 is 2.37 bits per heavy atom. The van der Waals surface area contributed by atoms with Crippen molar-refractivity contribution in [2.75, 3.05) is 40.4 Å². The SMILES string of the molecule is CC/C(=C(/c1ccc(OCCN(C/C=C/S(=O)(=O)N(C)C)C(=O)OC(C)(C)C)cc1)c1ccc2c(cnn2C2CCCCO2)c1)c1ccccc1. The molecule has 51 heavy (non-hydrogen) atoms. The molecule has 0 N–H and O–H groups in total. The first-order chi connectivity index (χ1) is 24.4. The Morgan fingerprint density at radius 2 is 1.73 bits per heavy atom. The highest BCUT2D eigenvalue weighted by atomic mass is 32.2. The predicted octanol–water partition coefficient (Wildman–Crippen LogP) is 8.13. The first-order valence-corrected chi connectivity index (χ1v) is 19.0. The van der Waals surface area contributed by atoms with E-state index >= 15 is 0 Å². The monoisotopic (exact) mass is 714 g/mol. The molecule has 5 rings (SSSR count). The number of rotatable bonds is 13. The van der Waals surface area contributed by atoms with Crippen molar-refractivity contribution < 1.29 is 27.4 Å². The summed E-state index contributed by atoms with van der Waals surface area (Å²) in [5.74, 6) is 0.648. The van der Waals surface area contributed by atoms with Gasteiger partial charge in [-0.05, 0) is 98.6 Å². The van der Waals surface area contributed by atoms with E-state index in [2.05, 4.69) is 61.5 Å². The molecule has 4 aromatic rings. The normalized spacial score (nSPS) is 16.0. The number of nitrogens with zero attached hydrogens (tertiary/aromatic N) is 4. The standard InChI is InChI=1S/C40H50N4O6S/c1-7-35(30-14-9-8-10-15-30)38(32-19-22-36-33(28-32)29-41-44(36)37-16-11-12-25-49-37)31-17-20-34(21-18-31)48-26-24-43(39(45)50-40(2,3)4)23-13-27-51(46,47)42(5)6/h8-10,13-15,17-22,27-29,37H,7,11-12,16,23-26H2,1-6H3/b27-13+,38-35+. The summed E-state index contributed by atoms with van der Waals surface area (Å²) in [6, 6.07) is 25.0. The molecule has 1 aromatic heterocycles. The number of carbonyl (C=O) groups is 1. The zero-order valence-corrected chi connectivity index (χ0v) is 31.4. The van der Waals surface area contributed by atoms with E-state index in [0.29, 0.717) is 5.75 Å². The van der Waals surface area contributed by atoms with Crippen LogP contribution in [0, 0.1) is 0 Å². The zero-order valence-electron chi connectivity index (χ0n) is 30.5. The maximum absolute atomic E-state index is 13.0. The lowest BCUT2D eigenvalue weighted by Crippen LogP contribution is -2.39. The van der Waals surface area contributed by atoms with Gasteiger partial charge in [0.25, 0.3) is 0 Å². The van der Waals surface area contributed by atoms with E-state index in [0.717, 1.165) is 75.2 Å². The number of benzene rings is 3. The summed E-state index contributed by atoms with van der Waals surface area (Å²) in [5, 5.41) is 6.87. The van der Waals surface area contributed by atoms with Crippen molar-refractivity contribution in [3.8, 4) is 5.75 Å². The Kier molecular flexibility index (Phi) is 12.4. The van der Waals surface area contributed by atoms with Crippen LogP contribution in [0.2, 0.25) is 0 Å². The van der Waals surface area contributed by atoms with E-state index in [1.54, 1.807) is 20.8 Å². The fourth-order valence-corrected chi connectivity index (χ4v) is 6.60. The van der Waals surface area contributed by atoms with E-state index in [4.69, 9.17) is 19.3 Å². The minimum Gasteiger partial charge on any atom is -0.492 e. The Hall–Kier alpha value is -4.45. The van der Waals surface area contributed by atoms with Crippen molar-refractivity contribution in [3.05, 3.63) is 107 Å². The van der Waals surface area contributed by atoms with Crippen molar-refractivity contribution in [1.29, 1.82) is 0 Å². The topological polar surface area (TPSA) is 103 Å². The average Bonchev–Trinajstić information content (AvgIpc) is 3.53. The molecule has 0 saturated carbocycles. The maximum atomic E-state index is 13.0. The Morgan fingerprint density at radius 1 is 1.00 bits per heavy atom. The van der Waals surface area contributed by atoms with Gasteiger partial charge in [-0.25, -0.2) is 22.2 Å². The highest BCUT2D eigenvalue weighted by Crippen LogP contribution is 2.37. The second-order valence-corrected chi connectivity index (χ2v) is 15.8. The first kappa shape index (κ1) is 37.8. The number of ether oxygens (including phenoxy) is 3. The van der Waals surface area contributed by atoms with Gasteiger partial charge in [-0.2, -0.15) is 5.10 Å². The number of carbonyl (C=O) groups excluding carboxylic acids is 1. The number of allylic oxidation sites excluding steroid dienone is 1. The van der Waals surface area contributed by atoms with Crippen molar-refractivity contribution in [2.45, 2.75) is 65.2 Å². The van der Waals surface area contributed by atoms with Gasteiger partial charge >= 0.3 is 6.09 Å². The average molecular weight is 715 g/mol. The molecular formula is C40H50N4O6S. The summed E-state index contributed by atoms with van der Waals surface area (Å²) in [6.07, 6.45) is 6.79. The molecule has 1 saturated heterocycles. The van der Waals surface area contributed by atoms with Crippen LogP contribution in [0.25, 0.3) is 22.0 Å². The van der Waals surface area contributed by atoms with Crippen LogP contribution in [0.1, 0.15) is 76.3 Å². The summed E-state index contributed by atoms with van der Waals surface area (Å²) in [6.45, 7) is 8.73. The molecule has 0 aliphatic carbocycles. The Bertz CT molecular complexity index is 1940. The van der Waals surface area contributed by atoms with Gasteiger partial charge in [0.1, 0.15) is 18.0 Å². The lowest BCUT2D eigenvalue weighted by atomic mass is 9.88. The van der Waals surface area contributed by atoms with Crippen molar-refractivity contribution in [2.24, 2.45) is 0 Å². The van der Waals surface area contributed by atoms with Crippen LogP contribution in [-0.4, -0.2) is 79.5 Å². The van der Waals surface area contributed by atoms with E-state index in [1.807, 2.05) is 29.1 Å². The minimum absolute atomic E-state index is 0.0351. The van der Waals surface area contributed by atoms with Gasteiger partial charge in [-0.3, -0.25) is 0 Å². The van der Waals surface area contributed by atoms with Crippen molar-refractivity contribution >= 4 is 38.2 Å². The van der Waals surface area contributed by atoms with Crippen molar-refractivity contribution in [1.82, 2.24) is 19.0 Å². The van der Waals surface area contributed by atoms with Crippen LogP contribution in [0.3, 0.4) is 0 Å². The predicted molar refractivity (Wildman–Crippen MR) is 203 cm³/mol. The molecule has 272 valence electrons. The van der Waals surface area contributed by atoms with Crippen LogP contribution in [0.15, 0.2) is 90.5 Å². The summed E-state index contributed by atoms with van der Waals surface area (Å²) < 4.78 is 45.2. The van der Waals surface area contributed by atoms with Crippen LogP contribution < -0.4 is 4.74 Å². The summed E-state index contributed by atoms with van der Waals surface area (Å²) in [4.78, 5) is 14.4. The number of amides is 1. The molecule has 11 heteroatoms. The Balaban J connectivity index is 1.38. The lowest BCUT2D eigenvalue weighted by molar-refractivity contribution is -0.0366. The number of aromatic nitrogens is 2. The van der Waals surface area contributed by atoms with Crippen LogP contribution in [-0.2, 0) is 19.5 Å². The van der Waals surface area contributed by atoms with E-state index in [9.17, 15) is 13.2 Å². The molecule has 1 aliphatic heterocycles. The van der Waals surface area contributed by atoms with Gasteiger partial charge in [0.2, 0.25) is 10.0 Å². The van der Waals surface area contributed by atoms with Gasteiger partial charge in [-0.15, -0.1) is 0 Å². The Labute approximate surface area is 302 Å². The lowest BCUT2D eigenvalue weighted by Gasteiger charge is -2.26. The fourth-order valence-electron chi connectivity index (χ4n) is 6.02. The number of fused-ring (bicyclic) bond motifs is 1. The molecule has 0 bridgehead atoms. The van der Waals surface area contributed by atoms with E-state index in [1.165, 1.54) is 30.6 Å². The molecule has 10 nitrogen and oxygen atoms in total. The smallest absolute Gasteiger partial charge is 0.410 e. The molecule has 1 amide bonds. The van der Waals surface area contributed by atoms with Gasteiger partial charge in [-0.1, -0.05) is 61.5 Å². The quantitative estimate of drug-likeness (QED) is 0.129. The van der Waals surface area contributed by atoms with Gasteiger partial charge in [0.05, 0.1) is 18.3 Å². The molecule has 0 radical (unpaired) electrons. The molecule has 2 heterocycles. The van der Waals surface area contributed by atoms with E-state index in [-0.39, 0.29) is 25.9 Å². The van der Waals surface area contributed by atoms with Crippen LogP contribution in [0.5, 0.6) is 5.75 Å². The number of hydrogen-bond acceptors (Lipinski definition) is 7. The molecule has 1 fully saturated rings. The number of sulfonamides is 1. The fraction of sp³-hybridized carbons (Fsp3) is 0.400. The number of hydrogen-bond donors (Lipinski definition) is 0. The van der Waals surface area contributed by atoms with Gasteiger partial charge < -0.3 is 19.1 Å². The third kappa shape index (κ3) is 9.87. The molecule has 1 unspecified atom stereocenters. The largest absolute Gasteiger partial charge is 0.492 e. The summed E-state index contributed by atoms with van der Waals surface area (Å²) in [7, 11) is -0.653. The van der Waals surface area contributed by atoms with Gasteiger partial charge in [0.15, 0.2) is 6.23 Å². The van der Waals surface area contributed by atoms with E-state index < -0.39 is 21.7 Å². The molecule has 3 aromatic carbocycles. The second kappa shape index (κ2) is 16.7. The van der Waals surface area contributed by atoms with Crippen LogP contribution >= 0.6 is 0 Å². The summed E-state index contributed by atoms with van der Waals surface area (Å²) in [5.41, 5.74) is 6.02. The first-order valence-electron chi connectivity index (χ1n) is 17.5. The maximum Gasteiger partial charge on any atom is 0.410 e. The third-order valence-corrected chi connectivity index (χ3v) is 10.2. The van der Waals surface area contributed by atoms with Crippen molar-refractivity contribution in [3.63, 3.8) is 0 Å². The van der Waals surface area contributed by atoms with Crippen LogP contribution in [0.4, 0.5) is 4.79 Å². The molecular weight excluding hydrogens is 665 g/mol. The third-order valence-electron chi connectivity index (χ3n) is 8.62. The second-order valence-electron chi connectivity index (χ2n) is 13.8. The highest BCUT2D eigenvalue weighted by molar-refractivity contribution is 7.92. The minimum atomic E-state index is -3.56. The molecule has 1 aliphatic rings. The highest BCUT2D eigenvalue weighted by Gasteiger charge is 2.23. The molecule has 1 atom stereocenters.